The monoisotopic (exact) mass is 948 g/mol. The Balaban J connectivity index is 2.18. The molecule has 2 aliphatic rings. The van der Waals surface area contributed by atoms with Gasteiger partial charge in [0.15, 0.2) is 0 Å². The molecule has 51 heavy (non-hydrogen) atoms. The highest BCUT2D eigenvalue weighted by Gasteiger charge is 2.59. The Morgan fingerprint density at radius 1 is 0.255 bits per heavy atom. The van der Waals surface area contributed by atoms with Crippen LogP contribution in [-0.4, -0.2) is 112 Å². The Hall–Kier alpha value is 2.26. The molecule has 0 aromatic rings. The lowest BCUT2D eigenvalue weighted by Gasteiger charge is -2.49. The molecule has 0 N–H and O–H groups in total. The topological polar surface area (TPSA) is 129 Å². The fraction of sp³-hybridized carbons (Fsp3) is 1.00. The van der Waals surface area contributed by atoms with Crippen LogP contribution in [0.1, 0.15) is 0 Å². The molecular formula is C24H72O14Si13. The second-order valence-corrected chi connectivity index (χ2v) is 64.2. The average molecular weight is 950 g/mol. The molecule has 0 aliphatic carbocycles. The van der Waals surface area contributed by atoms with Crippen LogP contribution >= 0.6 is 0 Å². The van der Waals surface area contributed by atoms with Gasteiger partial charge in [-0.3, -0.25) is 0 Å². The van der Waals surface area contributed by atoms with Crippen molar-refractivity contribution in [2.45, 2.75) is 157 Å². The van der Waals surface area contributed by atoms with Crippen LogP contribution in [-0.2, 0) is 57.6 Å². The van der Waals surface area contributed by atoms with Gasteiger partial charge < -0.3 is 57.6 Å². The Bertz CT molecular complexity index is 1100. The molecule has 14 nitrogen and oxygen atoms in total. The maximum atomic E-state index is 6.83. The highest BCUT2D eigenvalue weighted by molar-refractivity contribution is 6.96. The van der Waals surface area contributed by atoms with E-state index in [1.807, 2.05) is 157 Å². The molecule has 304 valence electrons. The second-order valence-electron chi connectivity index (χ2n) is 18.6. The van der Waals surface area contributed by atoms with Crippen LogP contribution in [0.15, 0.2) is 0 Å². The van der Waals surface area contributed by atoms with E-state index in [0.29, 0.717) is 0 Å². The summed E-state index contributed by atoms with van der Waals surface area (Å²) in [7, 11) is -36.0. The third kappa shape index (κ3) is 17.7. The van der Waals surface area contributed by atoms with Gasteiger partial charge in [0.2, 0.25) is 0 Å². The van der Waals surface area contributed by atoms with Crippen LogP contribution in [0.25, 0.3) is 0 Å². The van der Waals surface area contributed by atoms with Crippen molar-refractivity contribution in [3.05, 3.63) is 0 Å². The van der Waals surface area contributed by atoms with Gasteiger partial charge in [0.1, 0.15) is 0 Å². The maximum absolute atomic E-state index is 6.83. The summed E-state index contributed by atoms with van der Waals surface area (Å²) >= 11 is 0. The number of rotatable bonds is 12. The summed E-state index contributed by atoms with van der Waals surface area (Å²) < 4.78 is 93.6. The molecule has 2 rings (SSSR count). The van der Waals surface area contributed by atoms with E-state index in [2.05, 4.69) is 0 Å². The van der Waals surface area contributed by atoms with Crippen molar-refractivity contribution in [3.8, 4) is 0 Å². The first kappa shape index (κ1) is 49.4. The first-order chi connectivity index (χ1) is 21.9. The summed E-state index contributed by atoms with van der Waals surface area (Å²) in [5.74, 6) is 0. The zero-order chi connectivity index (χ0) is 40.4. The van der Waals surface area contributed by atoms with Gasteiger partial charge in [-0.15, -0.1) is 0 Å². The SMILES string of the molecule is C[Si](C)(O[Si](C)(C)O[Si](C)(C)O[Si]1(C)O[Si](C)(C)O[Si](C)(C)O[Si](C)(C)O1)O[Si](C)(C)O[Si](C)(C)O[Si]1(C)O[Si](C)(C)O[Si](C)(C)O[Si](C)(C)O1. The molecule has 2 fully saturated rings. The minimum Gasteiger partial charge on any atom is -0.416 e. The van der Waals surface area contributed by atoms with Crippen molar-refractivity contribution in [2.24, 2.45) is 0 Å². The highest BCUT2D eigenvalue weighted by Crippen LogP contribution is 2.36. The molecular weight excluding hydrogens is 877 g/mol. The van der Waals surface area contributed by atoms with Crippen molar-refractivity contribution in [1.29, 1.82) is 0 Å². The third-order valence-electron chi connectivity index (χ3n) is 6.52. The minimum atomic E-state index is -3.24. The van der Waals surface area contributed by atoms with E-state index < -0.39 is 112 Å². The molecule has 0 saturated carbocycles. The smallest absolute Gasteiger partial charge is 0.416 e. The van der Waals surface area contributed by atoms with E-state index in [0.717, 1.165) is 0 Å². The van der Waals surface area contributed by atoms with Crippen molar-refractivity contribution < 1.29 is 57.6 Å². The van der Waals surface area contributed by atoms with Gasteiger partial charge in [-0.25, -0.2) is 0 Å². The summed E-state index contributed by atoms with van der Waals surface area (Å²) in [5, 5.41) is 0. The molecule has 0 radical (unpaired) electrons. The summed E-state index contributed by atoms with van der Waals surface area (Å²) in [4.78, 5) is 0. The van der Waals surface area contributed by atoms with E-state index in [1.54, 1.807) is 0 Å². The maximum Gasteiger partial charge on any atom is 0.470 e. The Labute approximate surface area is 324 Å². The van der Waals surface area contributed by atoms with Gasteiger partial charge in [0.05, 0.1) is 0 Å². The molecule has 0 aromatic carbocycles. The van der Waals surface area contributed by atoms with Crippen LogP contribution < -0.4 is 0 Å². The van der Waals surface area contributed by atoms with Crippen LogP contribution in [0, 0.1) is 0 Å². The van der Waals surface area contributed by atoms with E-state index in [-0.39, 0.29) is 0 Å². The molecule has 0 aromatic heterocycles. The first-order valence-corrected chi connectivity index (χ1v) is 53.1. The fourth-order valence-corrected chi connectivity index (χ4v) is 76.3. The quantitative estimate of drug-likeness (QED) is 0.175. The zero-order valence-corrected chi connectivity index (χ0v) is 49.2. The van der Waals surface area contributed by atoms with Crippen molar-refractivity contribution in [3.63, 3.8) is 0 Å². The summed E-state index contributed by atoms with van der Waals surface area (Å²) in [6.45, 7) is 48.4. The zero-order valence-electron chi connectivity index (χ0n) is 36.2. The van der Waals surface area contributed by atoms with Gasteiger partial charge in [-0.1, -0.05) is 0 Å². The number of hydrogen-bond acceptors (Lipinski definition) is 14. The van der Waals surface area contributed by atoms with Gasteiger partial charge in [0, 0.05) is 13.1 Å². The fourth-order valence-electron chi connectivity index (χ4n) is 7.77. The largest absolute Gasteiger partial charge is 0.470 e. The van der Waals surface area contributed by atoms with Gasteiger partial charge in [0.25, 0.3) is 0 Å². The average Bonchev–Trinajstić information content (AvgIpc) is 2.58. The van der Waals surface area contributed by atoms with Crippen LogP contribution in [0.5, 0.6) is 0 Å². The molecule has 0 amide bonds. The van der Waals surface area contributed by atoms with Gasteiger partial charge in [-0.2, -0.15) is 0 Å². The summed E-state index contributed by atoms with van der Waals surface area (Å²) in [5.41, 5.74) is 0. The van der Waals surface area contributed by atoms with Crippen molar-refractivity contribution in [1.82, 2.24) is 0 Å². The van der Waals surface area contributed by atoms with E-state index in [9.17, 15) is 0 Å². The minimum absolute atomic E-state index is 1.93. The van der Waals surface area contributed by atoms with Crippen LogP contribution in [0.4, 0.5) is 0 Å². The second kappa shape index (κ2) is 15.5. The summed E-state index contributed by atoms with van der Waals surface area (Å²) in [6, 6.07) is 0. The molecule has 0 atom stereocenters. The van der Waals surface area contributed by atoms with E-state index in [1.165, 1.54) is 0 Å². The lowest BCUT2D eigenvalue weighted by atomic mass is 11.9. The van der Waals surface area contributed by atoms with E-state index in [4.69, 9.17) is 57.6 Å². The predicted octanol–water partition coefficient (Wildman–Crippen LogP) is 8.10. The molecule has 0 unspecified atom stereocenters. The predicted molar refractivity (Wildman–Crippen MR) is 231 cm³/mol. The Morgan fingerprint density at radius 2 is 0.412 bits per heavy atom. The Kier molecular flexibility index (Phi) is 15.0. The lowest BCUT2D eigenvalue weighted by molar-refractivity contribution is 0.167. The summed E-state index contributed by atoms with van der Waals surface area (Å²) in [6.07, 6.45) is 0. The van der Waals surface area contributed by atoms with Gasteiger partial charge in [-0.05, 0) is 144 Å². The normalized spacial score (nSPS) is 26.4. The third-order valence-corrected chi connectivity index (χ3v) is 58.7. The molecule has 2 heterocycles. The van der Waals surface area contributed by atoms with E-state index >= 15 is 0 Å². The molecule has 0 bridgehead atoms. The van der Waals surface area contributed by atoms with Crippen molar-refractivity contribution >= 4 is 112 Å². The standard InChI is InChI=1S/C24H72O14Si13/c1-39(2,25-40(3,4)27-44(11,12)33-50(23)35-46(15,16)29-42(7,8)30-47(17,18)36-50)26-41(5,6)28-45(13,14)34-51(24)37-48(19,20)31-43(9,10)32-49(21,22)38-51/h1-24H3. The Morgan fingerprint density at radius 3 is 0.608 bits per heavy atom. The lowest BCUT2D eigenvalue weighted by Crippen LogP contribution is -2.69. The molecule has 2 aliphatic heterocycles. The number of hydrogen-bond donors (Lipinski definition) is 0. The first-order valence-electron chi connectivity index (χ1n) is 17.7. The van der Waals surface area contributed by atoms with Crippen LogP contribution in [0.2, 0.25) is 157 Å². The molecule has 0 spiro atoms. The highest BCUT2D eigenvalue weighted by atomic mass is 28.6. The van der Waals surface area contributed by atoms with Gasteiger partial charge >= 0.3 is 112 Å². The van der Waals surface area contributed by atoms with Crippen LogP contribution in [0.3, 0.4) is 0 Å². The molecule has 27 heteroatoms. The molecule has 2 saturated heterocycles. The van der Waals surface area contributed by atoms with Crippen molar-refractivity contribution in [2.75, 3.05) is 0 Å².